The molecule has 0 bridgehead atoms. The molecule has 1 aliphatic heterocycles. The second kappa shape index (κ2) is 5.65. The highest BCUT2D eigenvalue weighted by atomic mass is 79.9. The molecule has 0 spiro atoms. The Hall–Kier alpha value is -0.870. The van der Waals surface area contributed by atoms with Gasteiger partial charge in [-0.1, -0.05) is 22.0 Å². The van der Waals surface area contributed by atoms with Gasteiger partial charge in [-0.15, -0.1) is 0 Å². The van der Waals surface area contributed by atoms with Crippen LogP contribution in [0.3, 0.4) is 0 Å². The smallest absolute Gasteiger partial charge is 0.221 e. The summed E-state index contributed by atoms with van der Waals surface area (Å²) in [6.07, 6.45) is 1.66. The Morgan fingerprint density at radius 1 is 1.47 bits per heavy atom. The number of fused-ring (bicyclic) bond motifs is 1. The summed E-state index contributed by atoms with van der Waals surface area (Å²) in [5.41, 5.74) is 2.81. The van der Waals surface area contributed by atoms with Crippen LogP contribution in [0, 0.1) is 0 Å². The van der Waals surface area contributed by atoms with Crippen LogP contribution < -0.4 is 5.32 Å². The quantitative estimate of drug-likeness (QED) is 0.925. The lowest BCUT2D eigenvalue weighted by atomic mass is 10.00. The highest BCUT2D eigenvalue weighted by Gasteiger charge is 2.16. The molecular weight excluding hydrogens is 280 g/mol. The number of rotatable bonds is 3. The molecule has 0 radical (unpaired) electrons. The van der Waals surface area contributed by atoms with Crippen molar-refractivity contribution in [2.75, 3.05) is 20.1 Å². The van der Waals surface area contributed by atoms with E-state index < -0.39 is 0 Å². The second-order valence-electron chi connectivity index (χ2n) is 4.36. The van der Waals surface area contributed by atoms with E-state index in [2.05, 4.69) is 44.3 Å². The summed E-state index contributed by atoms with van der Waals surface area (Å²) < 4.78 is 1.13. The van der Waals surface area contributed by atoms with E-state index in [9.17, 15) is 4.79 Å². The van der Waals surface area contributed by atoms with Crippen molar-refractivity contribution in [3.05, 3.63) is 33.8 Å². The van der Waals surface area contributed by atoms with Crippen molar-refractivity contribution < 1.29 is 4.79 Å². The molecule has 0 aliphatic carbocycles. The molecule has 4 heteroatoms. The number of nitrogens with zero attached hydrogens (tertiary/aromatic N) is 1. The SMILES string of the molecule is CNC(=O)CCN1CCc2ccc(Br)cc2C1. The Kier molecular flexibility index (Phi) is 4.18. The van der Waals surface area contributed by atoms with Crippen LogP contribution in [0.15, 0.2) is 22.7 Å². The third kappa shape index (κ3) is 3.30. The van der Waals surface area contributed by atoms with Crippen LogP contribution in [0.2, 0.25) is 0 Å². The number of nitrogens with one attached hydrogen (secondary N) is 1. The normalized spacial score (nSPS) is 15.4. The first-order chi connectivity index (χ1) is 8.19. The van der Waals surface area contributed by atoms with Gasteiger partial charge in [0, 0.05) is 37.6 Å². The van der Waals surface area contributed by atoms with E-state index in [4.69, 9.17) is 0 Å². The highest BCUT2D eigenvalue weighted by molar-refractivity contribution is 9.10. The van der Waals surface area contributed by atoms with Crippen LogP contribution in [0.1, 0.15) is 17.5 Å². The number of benzene rings is 1. The van der Waals surface area contributed by atoms with E-state index in [-0.39, 0.29) is 5.91 Å². The van der Waals surface area contributed by atoms with E-state index >= 15 is 0 Å². The van der Waals surface area contributed by atoms with Crippen LogP contribution >= 0.6 is 15.9 Å². The van der Waals surface area contributed by atoms with Crippen molar-refractivity contribution in [2.24, 2.45) is 0 Å². The lowest BCUT2D eigenvalue weighted by Gasteiger charge is -2.28. The van der Waals surface area contributed by atoms with Crippen LogP contribution in [-0.2, 0) is 17.8 Å². The molecule has 0 unspecified atom stereocenters. The molecule has 1 heterocycles. The predicted molar refractivity (Wildman–Crippen MR) is 71.8 cm³/mol. The summed E-state index contributed by atoms with van der Waals surface area (Å²) in [6, 6.07) is 6.47. The van der Waals surface area contributed by atoms with Crippen molar-refractivity contribution in [2.45, 2.75) is 19.4 Å². The van der Waals surface area contributed by atoms with E-state index in [0.717, 1.165) is 30.5 Å². The number of halogens is 1. The molecule has 3 nitrogen and oxygen atoms in total. The Morgan fingerprint density at radius 3 is 3.06 bits per heavy atom. The molecule has 17 heavy (non-hydrogen) atoms. The van der Waals surface area contributed by atoms with Crippen molar-refractivity contribution in [3.8, 4) is 0 Å². The van der Waals surface area contributed by atoms with Gasteiger partial charge in [-0.2, -0.15) is 0 Å². The van der Waals surface area contributed by atoms with Gasteiger partial charge in [-0.05, 0) is 29.7 Å². The molecular formula is C13H17BrN2O. The number of hydrogen-bond donors (Lipinski definition) is 1. The molecule has 1 aromatic carbocycles. The molecule has 1 N–H and O–H groups in total. The minimum absolute atomic E-state index is 0.116. The van der Waals surface area contributed by atoms with Crippen molar-refractivity contribution in [3.63, 3.8) is 0 Å². The van der Waals surface area contributed by atoms with Crippen molar-refractivity contribution >= 4 is 21.8 Å². The zero-order valence-corrected chi connectivity index (χ0v) is 11.6. The van der Waals surface area contributed by atoms with Crippen LogP contribution in [0.5, 0.6) is 0 Å². The van der Waals surface area contributed by atoms with Gasteiger partial charge in [0.1, 0.15) is 0 Å². The molecule has 1 amide bonds. The van der Waals surface area contributed by atoms with Gasteiger partial charge in [-0.25, -0.2) is 0 Å². The summed E-state index contributed by atoms with van der Waals surface area (Å²) in [6.45, 7) is 2.84. The molecule has 0 atom stereocenters. The van der Waals surface area contributed by atoms with E-state index in [1.165, 1.54) is 11.1 Å². The standard InChI is InChI=1S/C13H17BrN2O/c1-15-13(17)5-7-16-6-4-10-2-3-12(14)8-11(10)9-16/h2-3,8H,4-7,9H2,1H3,(H,15,17). The second-order valence-corrected chi connectivity index (χ2v) is 5.28. The van der Waals surface area contributed by atoms with Gasteiger partial charge in [0.15, 0.2) is 0 Å². The number of hydrogen-bond acceptors (Lipinski definition) is 2. The Morgan fingerprint density at radius 2 is 2.29 bits per heavy atom. The zero-order valence-electron chi connectivity index (χ0n) is 10.0. The number of amides is 1. The third-order valence-electron chi connectivity index (χ3n) is 3.19. The van der Waals surface area contributed by atoms with Crippen LogP contribution in [0.25, 0.3) is 0 Å². The average molecular weight is 297 g/mol. The fourth-order valence-electron chi connectivity index (χ4n) is 2.16. The summed E-state index contributed by atoms with van der Waals surface area (Å²) in [5, 5.41) is 2.66. The Balaban J connectivity index is 1.96. The molecule has 0 aromatic heterocycles. The Labute approximate surface area is 110 Å². The summed E-state index contributed by atoms with van der Waals surface area (Å²) >= 11 is 3.50. The lowest BCUT2D eigenvalue weighted by molar-refractivity contribution is -0.121. The largest absolute Gasteiger partial charge is 0.359 e. The topological polar surface area (TPSA) is 32.3 Å². The molecule has 1 aromatic rings. The zero-order chi connectivity index (χ0) is 12.3. The monoisotopic (exact) mass is 296 g/mol. The minimum atomic E-state index is 0.116. The van der Waals surface area contributed by atoms with E-state index in [1.807, 2.05) is 0 Å². The van der Waals surface area contributed by atoms with Gasteiger partial charge in [0.05, 0.1) is 0 Å². The molecule has 0 fully saturated rings. The average Bonchev–Trinajstić information content (AvgIpc) is 2.35. The van der Waals surface area contributed by atoms with E-state index in [0.29, 0.717) is 6.42 Å². The maximum absolute atomic E-state index is 11.2. The lowest BCUT2D eigenvalue weighted by Crippen LogP contribution is -2.33. The van der Waals surface area contributed by atoms with Gasteiger partial charge in [0.25, 0.3) is 0 Å². The number of carbonyl (C=O) groups excluding carboxylic acids is 1. The fraction of sp³-hybridized carbons (Fsp3) is 0.462. The first-order valence-electron chi connectivity index (χ1n) is 5.89. The van der Waals surface area contributed by atoms with Gasteiger partial charge < -0.3 is 5.32 Å². The predicted octanol–water partition coefficient (Wildman–Crippen LogP) is 1.94. The molecule has 92 valence electrons. The first-order valence-corrected chi connectivity index (χ1v) is 6.68. The number of carbonyl (C=O) groups is 1. The van der Waals surface area contributed by atoms with Crippen molar-refractivity contribution in [1.82, 2.24) is 10.2 Å². The molecule has 1 aliphatic rings. The van der Waals surface area contributed by atoms with Crippen LogP contribution in [0.4, 0.5) is 0 Å². The fourth-order valence-corrected chi connectivity index (χ4v) is 2.57. The first kappa shape index (κ1) is 12.6. The molecule has 0 saturated carbocycles. The summed E-state index contributed by atoms with van der Waals surface area (Å²) in [7, 11) is 1.69. The van der Waals surface area contributed by atoms with Gasteiger partial charge >= 0.3 is 0 Å². The molecule has 0 saturated heterocycles. The third-order valence-corrected chi connectivity index (χ3v) is 3.69. The van der Waals surface area contributed by atoms with Crippen molar-refractivity contribution in [1.29, 1.82) is 0 Å². The van der Waals surface area contributed by atoms with Gasteiger partial charge in [-0.3, -0.25) is 9.69 Å². The maximum atomic E-state index is 11.2. The summed E-state index contributed by atoms with van der Waals surface area (Å²) in [5.74, 6) is 0.116. The molecule has 2 rings (SSSR count). The Bertz CT molecular complexity index is 420. The highest BCUT2D eigenvalue weighted by Crippen LogP contribution is 2.22. The van der Waals surface area contributed by atoms with Gasteiger partial charge in [0.2, 0.25) is 5.91 Å². The van der Waals surface area contributed by atoms with Crippen LogP contribution in [-0.4, -0.2) is 30.9 Å². The minimum Gasteiger partial charge on any atom is -0.359 e. The maximum Gasteiger partial charge on any atom is 0.221 e. The van der Waals surface area contributed by atoms with E-state index in [1.54, 1.807) is 7.05 Å². The summed E-state index contributed by atoms with van der Waals surface area (Å²) in [4.78, 5) is 13.5.